The number of nitriles is 1. The van der Waals surface area contributed by atoms with Crippen LogP contribution in [0.3, 0.4) is 0 Å². The molecule has 148 valence electrons. The molecule has 0 spiro atoms. The Morgan fingerprint density at radius 1 is 1.29 bits per heavy atom. The minimum atomic E-state index is -0.482. The highest BCUT2D eigenvalue weighted by Crippen LogP contribution is 2.24. The Morgan fingerprint density at radius 3 is 2.71 bits per heavy atom. The first kappa shape index (κ1) is 19.7. The quantitative estimate of drug-likeness (QED) is 0.792. The minimum absolute atomic E-state index is 0.248. The number of aromatic nitrogens is 2. The topological polar surface area (TPSA) is 80.4 Å². The largest absolute Gasteiger partial charge is 0.454 e. The molecule has 28 heavy (non-hydrogen) atoms. The maximum atomic E-state index is 12.3. The van der Waals surface area contributed by atoms with Crippen LogP contribution in [0.15, 0.2) is 36.7 Å². The molecule has 1 fully saturated rings. The highest BCUT2D eigenvalue weighted by molar-refractivity contribution is 5.68. The van der Waals surface area contributed by atoms with Gasteiger partial charge in [0.05, 0.1) is 24.0 Å². The lowest BCUT2D eigenvalue weighted by atomic mass is 9.98. The zero-order valence-electron chi connectivity index (χ0n) is 16.6. The van der Waals surface area contributed by atoms with Gasteiger partial charge < -0.3 is 14.4 Å². The highest BCUT2D eigenvalue weighted by atomic mass is 16.6. The van der Waals surface area contributed by atoms with E-state index >= 15 is 0 Å². The van der Waals surface area contributed by atoms with Crippen LogP contribution in [-0.4, -0.2) is 39.5 Å². The molecule has 2 heterocycles. The molecular weight excluding hydrogens is 356 g/mol. The molecule has 0 N–H and O–H groups in total. The molecule has 1 aliphatic rings. The van der Waals surface area contributed by atoms with E-state index in [9.17, 15) is 4.79 Å². The summed E-state index contributed by atoms with van der Waals surface area (Å²) in [5.41, 5.74) is 0.110. The molecule has 0 radical (unpaired) electrons. The van der Waals surface area contributed by atoms with E-state index in [0.29, 0.717) is 29.5 Å². The number of carbonyl (C=O) groups excluding carboxylic acids is 1. The fraction of sp³-hybridized carbons (Fsp3) is 0.476. The average molecular weight is 382 g/mol. The van der Waals surface area contributed by atoms with Crippen molar-refractivity contribution in [2.75, 3.05) is 13.1 Å². The lowest BCUT2D eigenvalue weighted by Gasteiger charge is -2.34. The number of hydrogen-bond donors (Lipinski definition) is 0. The molecule has 3 rings (SSSR count). The molecule has 7 nitrogen and oxygen atoms in total. The fourth-order valence-corrected chi connectivity index (χ4v) is 3.20. The number of hydrogen-bond acceptors (Lipinski definition) is 5. The van der Waals surface area contributed by atoms with Crippen molar-refractivity contribution < 1.29 is 14.3 Å². The average Bonchev–Trinajstić information content (AvgIpc) is 3.08. The van der Waals surface area contributed by atoms with Gasteiger partial charge in [0.2, 0.25) is 0 Å². The number of benzene rings is 1. The molecule has 0 saturated carbocycles. The van der Waals surface area contributed by atoms with Gasteiger partial charge in [0.15, 0.2) is 5.75 Å². The molecule has 7 heteroatoms. The Kier molecular flexibility index (Phi) is 5.88. The molecule has 0 bridgehead atoms. The van der Waals surface area contributed by atoms with Gasteiger partial charge in [-0.15, -0.1) is 0 Å². The monoisotopic (exact) mass is 382 g/mol. The van der Waals surface area contributed by atoms with E-state index in [1.54, 1.807) is 35.4 Å². The molecule has 1 aromatic carbocycles. The lowest BCUT2D eigenvalue weighted by molar-refractivity contribution is 0.0155. The van der Waals surface area contributed by atoms with E-state index in [1.165, 1.54) is 0 Å². The van der Waals surface area contributed by atoms with Crippen molar-refractivity contribution in [3.63, 3.8) is 0 Å². The van der Waals surface area contributed by atoms with Crippen molar-refractivity contribution in [2.45, 2.75) is 45.8 Å². The van der Waals surface area contributed by atoms with Crippen LogP contribution in [0.1, 0.15) is 39.2 Å². The van der Waals surface area contributed by atoms with Crippen LogP contribution in [-0.2, 0) is 11.3 Å². The summed E-state index contributed by atoms with van der Waals surface area (Å²) in [7, 11) is 0. The first-order valence-corrected chi connectivity index (χ1v) is 9.51. The van der Waals surface area contributed by atoms with Gasteiger partial charge in [0.1, 0.15) is 11.4 Å². The summed E-state index contributed by atoms with van der Waals surface area (Å²) in [6.45, 7) is 7.76. The molecule has 1 aliphatic heterocycles. The molecule has 2 aromatic rings. The second-order valence-electron chi connectivity index (χ2n) is 8.07. The maximum Gasteiger partial charge on any atom is 0.410 e. The third-order valence-electron chi connectivity index (χ3n) is 4.44. The van der Waals surface area contributed by atoms with Crippen molar-refractivity contribution in [2.24, 2.45) is 5.92 Å². The second kappa shape index (κ2) is 8.34. The standard InChI is InChI=1S/C21H26N4O3/c1-21(2,3)28-20(26)24-10-4-5-17(13-24)14-25-15-19(12-23-25)27-18-8-6-16(11-22)7-9-18/h6-9,12,15,17H,4-5,10,13-14H2,1-3H3. The predicted molar refractivity (Wildman–Crippen MR) is 104 cm³/mol. The number of rotatable bonds is 4. The Balaban J connectivity index is 1.55. The van der Waals surface area contributed by atoms with E-state index in [2.05, 4.69) is 11.2 Å². The van der Waals surface area contributed by atoms with E-state index in [1.807, 2.05) is 31.6 Å². The first-order chi connectivity index (χ1) is 13.3. The molecular formula is C21H26N4O3. The van der Waals surface area contributed by atoms with Crippen LogP contribution in [0.25, 0.3) is 0 Å². The van der Waals surface area contributed by atoms with Crippen LogP contribution < -0.4 is 4.74 Å². The van der Waals surface area contributed by atoms with Crippen molar-refractivity contribution in [3.8, 4) is 17.6 Å². The predicted octanol–water partition coefficient (Wildman–Crippen LogP) is 4.19. The number of ether oxygens (including phenoxy) is 2. The molecule has 0 aliphatic carbocycles. The van der Waals surface area contributed by atoms with Gasteiger partial charge in [0.25, 0.3) is 0 Å². The molecule has 1 atom stereocenters. The lowest BCUT2D eigenvalue weighted by Crippen LogP contribution is -2.43. The van der Waals surface area contributed by atoms with Crippen LogP contribution in [0.4, 0.5) is 4.79 Å². The number of nitrogens with zero attached hydrogens (tertiary/aromatic N) is 4. The smallest absolute Gasteiger partial charge is 0.410 e. The summed E-state index contributed by atoms with van der Waals surface area (Å²) in [5.74, 6) is 1.63. The molecule has 1 amide bonds. The summed E-state index contributed by atoms with van der Waals surface area (Å²) < 4.78 is 13.1. The van der Waals surface area contributed by atoms with Gasteiger partial charge in [-0.3, -0.25) is 4.68 Å². The Morgan fingerprint density at radius 2 is 2.04 bits per heavy atom. The van der Waals surface area contributed by atoms with Crippen molar-refractivity contribution in [1.82, 2.24) is 14.7 Å². The Hall–Kier alpha value is -3.01. The zero-order chi connectivity index (χ0) is 20.1. The van der Waals surface area contributed by atoms with Crippen molar-refractivity contribution >= 4 is 6.09 Å². The van der Waals surface area contributed by atoms with Gasteiger partial charge in [-0.2, -0.15) is 10.4 Å². The van der Waals surface area contributed by atoms with Crippen LogP contribution >= 0.6 is 0 Å². The molecule has 1 unspecified atom stereocenters. The van der Waals surface area contributed by atoms with Crippen LogP contribution in [0, 0.1) is 17.2 Å². The summed E-state index contributed by atoms with van der Waals surface area (Å²) in [6.07, 6.45) is 5.28. The summed E-state index contributed by atoms with van der Waals surface area (Å²) >= 11 is 0. The van der Waals surface area contributed by atoms with E-state index in [-0.39, 0.29) is 6.09 Å². The number of likely N-dealkylation sites (tertiary alicyclic amines) is 1. The van der Waals surface area contributed by atoms with Gasteiger partial charge in [-0.05, 0) is 63.8 Å². The number of amides is 1. The highest BCUT2D eigenvalue weighted by Gasteiger charge is 2.27. The van der Waals surface area contributed by atoms with Gasteiger partial charge in [-0.25, -0.2) is 4.79 Å². The van der Waals surface area contributed by atoms with Crippen molar-refractivity contribution in [3.05, 3.63) is 42.2 Å². The van der Waals surface area contributed by atoms with E-state index in [4.69, 9.17) is 14.7 Å². The third kappa shape index (κ3) is 5.49. The van der Waals surface area contributed by atoms with E-state index < -0.39 is 5.60 Å². The van der Waals surface area contributed by atoms with E-state index in [0.717, 1.165) is 25.9 Å². The number of carbonyl (C=O) groups is 1. The summed E-state index contributed by atoms with van der Waals surface area (Å²) in [5, 5.41) is 13.2. The first-order valence-electron chi connectivity index (χ1n) is 9.51. The zero-order valence-corrected chi connectivity index (χ0v) is 16.6. The van der Waals surface area contributed by atoms with Crippen molar-refractivity contribution in [1.29, 1.82) is 5.26 Å². The van der Waals surface area contributed by atoms with Crippen LogP contribution in [0.2, 0.25) is 0 Å². The fourth-order valence-electron chi connectivity index (χ4n) is 3.20. The SMILES string of the molecule is CC(C)(C)OC(=O)N1CCCC(Cn2cc(Oc3ccc(C#N)cc3)cn2)C1. The Bertz CT molecular complexity index is 846. The molecule has 1 saturated heterocycles. The van der Waals surface area contributed by atoms with Gasteiger partial charge >= 0.3 is 6.09 Å². The third-order valence-corrected chi connectivity index (χ3v) is 4.44. The van der Waals surface area contributed by atoms with Gasteiger partial charge in [-0.1, -0.05) is 0 Å². The maximum absolute atomic E-state index is 12.3. The second-order valence-corrected chi connectivity index (χ2v) is 8.07. The summed E-state index contributed by atoms with van der Waals surface area (Å²) in [6, 6.07) is 9.03. The Labute approximate surface area is 165 Å². The number of piperidine rings is 1. The van der Waals surface area contributed by atoms with Gasteiger partial charge in [0, 0.05) is 19.6 Å². The normalized spacial score (nSPS) is 17.1. The minimum Gasteiger partial charge on any atom is -0.454 e. The summed E-state index contributed by atoms with van der Waals surface area (Å²) in [4.78, 5) is 14.1. The molecule has 1 aromatic heterocycles. The van der Waals surface area contributed by atoms with Crippen LogP contribution in [0.5, 0.6) is 11.5 Å².